The van der Waals surface area contributed by atoms with Crippen molar-refractivity contribution in [2.24, 2.45) is 7.05 Å². The Kier molecular flexibility index (Phi) is 4.89. The predicted octanol–water partition coefficient (Wildman–Crippen LogP) is 2.41. The first-order valence-corrected chi connectivity index (χ1v) is 10.1. The number of ether oxygens (including phenoxy) is 1. The summed E-state index contributed by atoms with van der Waals surface area (Å²) in [6, 6.07) is 6.26. The van der Waals surface area contributed by atoms with Crippen LogP contribution in [0.5, 0.6) is 0 Å². The van der Waals surface area contributed by atoms with Crippen LogP contribution in [0.25, 0.3) is 22.6 Å². The summed E-state index contributed by atoms with van der Waals surface area (Å²) in [5, 5.41) is 0. The molecule has 0 aliphatic rings. The highest BCUT2D eigenvalue weighted by molar-refractivity contribution is 5.77. The molecule has 0 aliphatic carbocycles. The molecule has 0 unspecified atom stereocenters. The summed E-state index contributed by atoms with van der Waals surface area (Å²) in [4.78, 5) is 30.9. The van der Waals surface area contributed by atoms with Crippen LogP contribution in [0.4, 0.5) is 0 Å². The van der Waals surface area contributed by atoms with Gasteiger partial charge in [0.15, 0.2) is 11.2 Å². The van der Waals surface area contributed by atoms with Crippen LogP contribution in [-0.4, -0.2) is 36.3 Å². The summed E-state index contributed by atoms with van der Waals surface area (Å²) in [6.07, 6.45) is 0. The number of aromatic nitrogens is 5. The highest BCUT2D eigenvalue weighted by Crippen LogP contribution is 2.26. The Hall–Kier alpha value is -3.13. The zero-order valence-corrected chi connectivity index (χ0v) is 18.3. The van der Waals surface area contributed by atoms with E-state index in [1.807, 2.05) is 25.2 Å². The van der Waals surface area contributed by atoms with E-state index in [-0.39, 0.29) is 17.8 Å². The second-order valence-corrected chi connectivity index (χ2v) is 7.71. The van der Waals surface area contributed by atoms with E-state index in [0.717, 1.165) is 28.2 Å². The fourth-order valence-electron chi connectivity index (χ4n) is 4.00. The predicted molar refractivity (Wildman–Crippen MR) is 117 cm³/mol. The topological polar surface area (TPSA) is 75.5 Å². The van der Waals surface area contributed by atoms with Gasteiger partial charge in [-0.15, -0.1) is 0 Å². The molecule has 0 saturated carbocycles. The monoisotopic (exact) mass is 409 g/mol. The molecule has 4 aromatic rings. The van der Waals surface area contributed by atoms with Gasteiger partial charge in [-0.2, -0.15) is 4.98 Å². The van der Waals surface area contributed by atoms with E-state index in [4.69, 9.17) is 9.72 Å². The van der Waals surface area contributed by atoms with E-state index in [0.29, 0.717) is 30.2 Å². The molecule has 0 N–H and O–H groups in total. The molecule has 0 bridgehead atoms. The van der Waals surface area contributed by atoms with E-state index < -0.39 is 0 Å². The fraction of sp³-hybridized carbons (Fsp3) is 0.409. The molecule has 0 amide bonds. The van der Waals surface area contributed by atoms with Crippen LogP contribution in [0, 0.1) is 27.7 Å². The maximum atomic E-state index is 13.3. The van der Waals surface area contributed by atoms with Gasteiger partial charge in [0.1, 0.15) is 0 Å². The molecule has 0 atom stereocenters. The fourth-order valence-corrected chi connectivity index (χ4v) is 4.00. The highest BCUT2D eigenvalue weighted by atomic mass is 16.5. The van der Waals surface area contributed by atoms with Crippen molar-refractivity contribution in [2.45, 2.75) is 41.2 Å². The minimum Gasteiger partial charge on any atom is -0.380 e. The second kappa shape index (κ2) is 7.28. The Balaban J connectivity index is 2.10. The van der Waals surface area contributed by atoms with Crippen molar-refractivity contribution in [3.8, 4) is 5.69 Å². The van der Waals surface area contributed by atoms with Gasteiger partial charge >= 0.3 is 5.69 Å². The number of fused-ring (bicyclic) bond motifs is 3. The average molecular weight is 409 g/mol. The van der Waals surface area contributed by atoms with Crippen molar-refractivity contribution >= 4 is 16.9 Å². The normalized spacial score (nSPS) is 11.8. The molecular formula is C22H27N5O3. The third kappa shape index (κ3) is 2.82. The van der Waals surface area contributed by atoms with E-state index in [1.54, 1.807) is 7.05 Å². The van der Waals surface area contributed by atoms with Crippen LogP contribution in [0.2, 0.25) is 0 Å². The lowest BCUT2D eigenvalue weighted by atomic mass is 10.1. The van der Waals surface area contributed by atoms with Gasteiger partial charge in [-0.3, -0.25) is 22.9 Å². The second-order valence-electron chi connectivity index (χ2n) is 7.71. The SMILES string of the molecule is CCOCCn1c(=O)c2c(nc3n(-c4cc(C)ccc4C)c(C)c(C)n23)n(C)c1=O. The van der Waals surface area contributed by atoms with Crippen molar-refractivity contribution in [1.29, 1.82) is 0 Å². The van der Waals surface area contributed by atoms with Gasteiger partial charge in [-0.05, 0) is 51.8 Å². The molecular weight excluding hydrogens is 382 g/mol. The standard InChI is InChI=1S/C22H27N5O3/c1-7-30-11-10-25-20(28)18-19(24(6)22(25)29)23-21-26(15(4)16(5)27(18)21)17-12-13(2)8-9-14(17)3/h8-9,12H,7,10-11H2,1-6H3. The first-order chi connectivity index (χ1) is 14.3. The Morgan fingerprint density at radius 3 is 2.50 bits per heavy atom. The van der Waals surface area contributed by atoms with Gasteiger partial charge in [-0.25, -0.2) is 4.79 Å². The molecule has 8 heteroatoms. The molecule has 0 fully saturated rings. The molecule has 3 heterocycles. The van der Waals surface area contributed by atoms with Crippen LogP contribution >= 0.6 is 0 Å². The number of hydrogen-bond donors (Lipinski definition) is 0. The number of benzene rings is 1. The van der Waals surface area contributed by atoms with Gasteiger partial charge < -0.3 is 4.74 Å². The number of aryl methyl sites for hydroxylation is 4. The highest BCUT2D eigenvalue weighted by Gasteiger charge is 2.23. The van der Waals surface area contributed by atoms with Gasteiger partial charge in [-0.1, -0.05) is 12.1 Å². The molecule has 1 aromatic carbocycles. The van der Waals surface area contributed by atoms with Crippen LogP contribution in [0.1, 0.15) is 29.4 Å². The number of rotatable bonds is 5. The van der Waals surface area contributed by atoms with Crippen LogP contribution in [-0.2, 0) is 18.3 Å². The number of nitrogens with zero attached hydrogens (tertiary/aromatic N) is 5. The third-order valence-corrected chi connectivity index (χ3v) is 5.79. The van der Waals surface area contributed by atoms with Crippen LogP contribution in [0.15, 0.2) is 27.8 Å². The molecule has 0 saturated heterocycles. The summed E-state index contributed by atoms with van der Waals surface area (Å²) < 4.78 is 12.0. The molecule has 4 rings (SSSR count). The molecule has 0 radical (unpaired) electrons. The van der Waals surface area contributed by atoms with Crippen molar-refractivity contribution in [1.82, 2.24) is 23.1 Å². The quantitative estimate of drug-likeness (QED) is 0.475. The van der Waals surface area contributed by atoms with Gasteiger partial charge in [0.2, 0.25) is 5.78 Å². The summed E-state index contributed by atoms with van der Waals surface area (Å²) in [5.41, 5.74) is 5.24. The van der Waals surface area contributed by atoms with Crippen molar-refractivity contribution in [3.63, 3.8) is 0 Å². The Labute approximate surface area is 174 Å². The molecule has 8 nitrogen and oxygen atoms in total. The minimum atomic E-state index is -0.388. The molecule has 3 aromatic heterocycles. The van der Waals surface area contributed by atoms with Crippen molar-refractivity contribution < 1.29 is 4.74 Å². The van der Waals surface area contributed by atoms with E-state index in [2.05, 4.69) is 36.6 Å². The lowest BCUT2D eigenvalue weighted by Gasteiger charge is -2.11. The Morgan fingerprint density at radius 2 is 1.80 bits per heavy atom. The Bertz CT molecular complexity index is 1400. The maximum absolute atomic E-state index is 13.3. The molecule has 158 valence electrons. The lowest BCUT2D eigenvalue weighted by Crippen LogP contribution is -2.40. The van der Waals surface area contributed by atoms with Gasteiger partial charge in [0.05, 0.1) is 18.8 Å². The zero-order valence-electron chi connectivity index (χ0n) is 18.3. The molecule has 30 heavy (non-hydrogen) atoms. The van der Waals surface area contributed by atoms with E-state index in [1.165, 1.54) is 9.13 Å². The number of hydrogen-bond acceptors (Lipinski definition) is 4. The third-order valence-electron chi connectivity index (χ3n) is 5.79. The largest absolute Gasteiger partial charge is 0.380 e. The van der Waals surface area contributed by atoms with E-state index in [9.17, 15) is 9.59 Å². The maximum Gasteiger partial charge on any atom is 0.332 e. The van der Waals surface area contributed by atoms with Crippen molar-refractivity contribution in [2.75, 3.05) is 13.2 Å². The van der Waals surface area contributed by atoms with Crippen LogP contribution in [0.3, 0.4) is 0 Å². The number of imidazole rings is 2. The minimum absolute atomic E-state index is 0.207. The van der Waals surface area contributed by atoms with Gasteiger partial charge in [0, 0.05) is 25.0 Å². The molecule has 0 spiro atoms. The summed E-state index contributed by atoms with van der Waals surface area (Å²) in [6.45, 7) is 11.0. The first kappa shape index (κ1) is 20.2. The lowest BCUT2D eigenvalue weighted by molar-refractivity contribution is 0.137. The van der Waals surface area contributed by atoms with Crippen molar-refractivity contribution in [3.05, 3.63) is 61.6 Å². The summed E-state index contributed by atoms with van der Waals surface area (Å²) >= 11 is 0. The average Bonchev–Trinajstić information content (AvgIpc) is 3.21. The molecule has 0 aliphatic heterocycles. The van der Waals surface area contributed by atoms with E-state index >= 15 is 0 Å². The Morgan fingerprint density at radius 1 is 1.07 bits per heavy atom. The zero-order chi connectivity index (χ0) is 21.7. The van der Waals surface area contributed by atoms with Gasteiger partial charge in [0.25, 0.3) is 5.56 Å². The smallest absolute Gasteiger partial charge is 0.332 e. The summed E-state index contributed by atoms with van der Waals surface area (Å²) in [7, 11) is 1.65. The van der Waals surface area contributed by atoms with Crippen LogP contribution < -0.4 is 11.2 Å². The summed E-state index contributed by atoms with van der Waals surface area (Å²) in [5.74, 6) is 0.628. The first-order valence-electron chi connectivity index (χ1n) is 10.1.